The van der Waals surface area contributed by atoms with E-state index in [0.29, 0.717) is 19.6 Å². The third-order valence-corrected chi connectivity index (χ3v) is 5.14. The number of methoxy groups -OCH3 is 1. The van der Waals surface area contributed by atoms with Crippen LogP contribution in [-0.4, -0.2) is 42.5 Å². The molecule has 25 heavy (non-hydrogen) atoms. The van der Waals surface area contributed by atoms with Crippen LogP contribution in [0.1, 0.15) is 38.7 Å². The Kier molecular flexibility index (Phi) is 6.42. The highest BCUT2D eigenvalue weighted by molar-refractivity contribution is 5.89. The maximum absolute atomic E-state index is 12.4. The normalized spacial score (nSPS) is 17.7. The molecule has 1 unspecified atom stereocenters. The Balaban J connectivity index is 1.89. The van der Waals surface area contributed by atoms with E-state index in [1.807, 2.05) is 38.1 Å². The van der Waals surface area contributed by atoms with Gasteiger partial charge in [-0.25, -0.2) is 0 Å². The molecule has 2 rings (SSSR count). The van der Waals surface area contributed by atoms with Gasteiger partial charge in [0.15, 0.2) is 0 Å². The van der Waals surface area contributed by atoms with Crippen molar-refractivity contribution < 1.29 is 14.3 Å². The molecule has 1 aromatic rings. The number of nitrogens with zero attached hydrogens (tertiary/aromatic N) is 1. The molecule has 0 bridgehead atoms. The van der Waals surface area contributed by atoms with Crippen molar-refractivity contribution >= 4 is 11.8 Å². The van der Waals surface area contributed by atoms with Gasteiger partial charge in [0.1, 0.15) is 5.75 Å². The van der Waals surface area contributed by atoms with E-state index in [1.165, 1.54) is 0 Å². The molecule has 2 amide bonds. The van der Waals surface area contributed by atoms with Crippen molar-refractivity contribution in [2.45, 2.75) is 45.2 Å². The molecule has 1 aliphatic rings. The fourth-order valence-electron chi connectivity index (χ4n) is 2.96. The first kappa shape index (κ1) is 19.2. The highest BCUT2D eigenvalue weighted by Crippen LogP contribution is 2.22. The largest absolute Gasteiger partial charge is 0.497 e. The molecule has 1 saturated heterocycles. The lowest BCUT2D eigenvalue weighted by molar-refractivity contribution is -0.129. The Bertz CT molecular complexity index is 596. The fourth-order valence-corrected chi connectivity index (χ4v) is 2.96. The second kappa shape index (κ2) is 8.34. The molecule has 0 spiro atoms. The first-order chi connectivity index (χ1) is 11.9. The van der Waals surface area contributed by atoms with E-state index in [-0.39, 0.29) is 29.7 Å². The minimum atomic E-state index is -0.374. The quantitative estimate of drug-likeness (QED) is 0.749. The monoisotopic (exact) mass is 347 g/mol. The molecule has 0 aromatic heterocycles. The van der Waals surface area contributed by atoms with Crippen molar-refractivity contribution in [3.05, 3.63) is 29.8 Å². The smallest absolute Gasteiger partial charge is 0.225 e. The van der Waals surface area contributed by atoms with Crippen LogP contribution in [0.25, 0.3) is 0 Å². The standard InChI is InChI=1S/C19H29N3O3/c1-4-19(20,5-2)13-21-18(24)15-10-17(23)22(12-15)11-14-6-8-16(25-3)9-7-14/h6-9,15H,4-5,10-13,20H2,1-3H3,(H,21,24). The summed E-state index contributed by atoms with van der Waals surface area (Å²) in [5.41, 5.74) is 6.87. The van der Waals surface area contributed by atoms with E-state index in [2.05, 4.69) is 5.32 Å². The van der Waals surface area contributed by atoms with Gasteiger partial charge in [-0.3, -0.25) is 9.59 Å². The van der Waals surface area contributed by atoms with Crippen molar-refractivity contribution in [2.24, 2.45) is 11.7 Å². The minimum Gasteiger partial charge on any atom is -0.497 e. The number of rotatable bonds is 8. The van der Waals surface area contributed by atoms with Gasteiger partial charge in [0, 0.05) is 31.6 Å². The second-order valence-electron chi connectivity index (χ2n) is 6.81. The molecule has 138 valence electrons. The van der Waals surface area contributed by atoms with Crippen molar-refractivity contribution in [3.63, 3.8) is 0 Å². The molecular weight excluding hydrogens is 318 g/mol. The van der Waals surface area contributed by atoms with Crippen molar-refractivity contribution in [2.75, 3.05) is 20.2 Å². The number of nitrogens with two attached hydrogens (primary N) is 1. The van der Waals surface area contributed by atoms with E-state index in [9.17, 15) is 9.59 Å². The lowest BCUT2D eigenvalue weighted by atomic mass is 9.94. The van der Waals surface area contributed by atoms with Crippen LogP contribution in [0.15, 0.2) is 24.3 Å². The number of hydrogen-bond donors (Lipinski definition) is 2. The lowest BCUT2D eigenvalue weighted by Gasteiger charge is -2.27. The molecule has 1 heterocycles. The van der Waals surface area contributed by atoms with Gasteiger partial charge >= 0.3 is 0 Å². The maximum atomic E-state index is 12.4. The summed E-state index contributed by atoms with van der Waals surface area (Å²) < 4.78 is 5.14. The Morgan fingerprint density at radius 3 is 2.52 bits per heavy atom. The van der Waals surface area contributed by atoms with Crippen LogP contribution in [0.4, 0.5) is 0 Å². The van der Waals surface area contributed by atoms with Crippen LogP contribution >= 0.6 is 0 Å². The Hall–Kier alpha value is -2.08. The van der Waals surface area contributed by atoms with E-state index in [1.54, 1.807) is 12.0 Å². The van der Waals surface area contributed by atoms with Crippen molar-refractivity contribution in [1.29, 1.82) is 0 Å². The fraction of sp³-hybridized carbons (Fsp3) is 0.579. The van der Waals surface area contributed by atoms with E-state index in [4.69, 9.17) is 10.5 Å². The number of benzene rings is 1. The molecule has 6 heteroatoms. The van der Waals surface area contributed by atoms with Gasteiger partial charge in [0.25, 0.3) is 0 Å². The zero-order valence-electron chi connectivity index (χ0n) is 15.4. The molecule has 1 aromatic carbocycles. The molecule has 3 N–H and O–H groups in total. The highest BCUT2D eigenvalue weighted by atomic mass is 16.5. The second-order valence-corrected chi connectivity index (χ2v) is 6.81. The number of hydrogen-bond acceptors (Lipinski definition) is 4. The predicted molar refractivity (Wildman–Crippen MR) is 97.0 cm³/mol. The molecule has 0 saturated carbocycles. The topological polar surface area (TPSA) is 84.7 Å². The first-order valence-corrected chi connectivity index (χ1v) is 8.88. The maximum Gasteiger partial charge on any atom is 0.225 e. The minimum absolute atomic E-state index is 0.0148. The zero-order chi connectivity index (χ0) is 18.4. The summed E-state index contributed by atoms with van der Waals surface area (Å²) in [7, 11) is 1.62. The van der Waals surface area contributed by atoms with E-state index >= 15 is 0 Å². The summed E-state index contributed by atoms with van der Waals surface area (Å²) >= 11 is 0. The summed E-state index contributed by atoms with van der Waals surface area (Å²) in [6, 6.07) is 7.61. The average Bonchev–Trinajstić information content (AvgIpc) is 3.00. The summed E-state index contributed by atoms with van der Waals surface area (Å²) in [6.45, 7) is 5.45. The Labute approximate surface area is 149 Å². The summed E-state index contributed by atoms with van der Waals surface area (Å²) in [5, 5.41) is 2.93. The number of carbonyl (C=O) groups excluding carboxylic acids is 2. The number of carbonyl (C=O) groups is 2. The molecule has 6 nitrogen and oxygen atoms in total. The highest BCUT2D eigenvalue weighted by Gasteiger charge is 2.34. The third kappa shape index (κ3) is 4.95. The molecule has 0 radical (unpaired) electrons. The predicted octanol–water partition coefficient (Wildman–Crippen LogP) is 1.68. The third-order valence-electron chi connectivity index (χ3n) is 5.14. The van der Waals surface area contributed by atoms with Crippen LogP contribution in [0.3, 0.4) is 0 Å². The van der Waals surface area contributed by atoms with Crippen LogP contribution in [0.2, 0.25) is 0 Å². The molecular formula is C19H29N3O3. The molecule has 1 fully saturated rings. The lowest BCUT2D eigenvalue weighted by Crippen LogP contribution is -2.50. The van der Waals surface area contributed by atoms with E-state index in [0.717, 1.165) is 24.2 Å². The Morgan fingerprint density at radius 2 is 1.96 bits per heavy atom. The Morgan fingerprint density at radius 1 is 1.32 bits per heavy atom. The molecule has 0 aliphatic carbocycles. The van der Waals surface area contributed by atoms with Gasteiger partial charge in [-0.05, 0) is 30.5 Å². The van der Waals surface area contributed by atoms with Crippen LogP contribution in [0, 0.1) is 5.92 Å². The van der Waals surface area contributed by atoms with Gasteiger partial charge in [0.2, 0.25) is 11.8 Å². The summed E-state index contributed by atoms with van der Waals surface area (Å²) in [5.74, 6) is 0.415. The number of ether oxygens (including phenoxy) is 1. The van der Waals surface area contributed by atoms with Crippen LogP contribution in [0.5, 0.6) is 5.75 Å². The SMILES string of the molecule is CCC(N)(CC)CNC(=O)C1CC(=O)N(Cc2ccc(OC)cc2)C1. The first-order valence-electron chi connectivity index (χ1n) is 8.88. The zero-order valence-corrected chi connectivity index (χ0v) is 15.4. The van der Waals surface area contributed by atoms with Crippen molar-refractivity contribution in [1.82, 2.24) is 10.2 Å². The van der Waals surface area contributed by atoms with Gasteiger partial charge in [-0.15, -0.1) is 0 Å². The van der Waals surface area contributed by atoms with Gasteiger partial charge in [-0.2, -0.15) is 0 Å². The molecule has 1 aliphatic heterocycles. The number of nitrogens with one attached hydrogen (secondary N) is 1. The van der Waals surface area contributed by atoms with Gasteiger partial charge in [0.05, 0.1) is 13.0 Å². The van der Waals surface area contributed by atoms with Crippen LogP contribution in [-0.2, 0) is 16.1 Å². The van der Waals surface area contributed by atoms with Crippen molar-refractivity contribution in [3.8, 4) is 5.75 Å². The number of likely N-dealkylation sites (tertiary alicyclic amines) is 1. The number of amides is 2. The van der Waals surface area contributed by atoms with Gasteiger partial charge < -0.3 is 20.7 Å². The molecule has 1 atom stereocenters. The summed E-state index contributed by atoms with van der Waals surface area (Å²) in [4.78, 5) is 26.4. The summed E-state index contributed by atoms with van der Waals surface area (Å²) in [6.07, 6.45) is 1.87. The van der Waals surface area contributed by atoms with Gasteiger partial charge in [-0.1, -0.05) is 26.0 Å². The van der Waals surface area contributed by atoms with Crippen LogP contribution < -0.4 is 15.8 Å². The average molecular weight is 347 g/mol. The van der Waals surface area contributed by atoms with E-state index < -0.39 is 0 Å².